The van der Waals surface area contributed by atoms with Gasteiger partial charge in [-0.25, -0.2) is 9.78 Å². The van der Waals surface area contributed by atoms with Crippen LogP contribution in [0, 0.1) is 13.8 Å². The van der Waals surface area contributed by atoms with E-state index in [9.17, 15) is 14.4 Å². The molecule has 0 aliphatic rings. The largest absolute Gasteiger partial charge is 0.496 e. The molecular weight excluding hydrogens is 428 g/mol. The van der Waals surface area contributed by atoms with Crippen molar-refractivity contribution in [2.24, 2.45) is 0 Å². The van der Waals surface area contributed by atoms with Crippen LogP contribution in [0.3, 0.4) is 0 Å². The van der Waals surface area contributed by atoms with Crippen molar-refractivity contribution >= 4 is 34.1 Å². The molecule has 3 aromatic rings. The van der Waals surface area contributed by atoms with Crippen molar-refractivity contribution in [3.8, 4) is 5.75 Å². The molecule has 0 unspecified atom stereocenters. The van der Waals surface area contributed by atoms with Crippen LogP contribution in [0.15, 0.2) is 48.5 Å². The molecule has 166 valence electrons. The van der Waals surface area contributed by atoms with Crippen molar-refractivity contribution < 1.29 is 23.9 Å². The number of amides is 1. The summed E-state index contributed by atoms with van der Waals surface area (Å²) < 4.78 is 10.6. The van der Waals surface area contributed by atoms with E-state index in [4.69, 9.17) is 9.47 Å². The van der Waals surface area contributed by atoms with Crippen molar-refractivity contribution in [3.05, 3.63) is 75.8 Å². The summed E-state index contributed by atoms with van der Waals surface area (Å²) in [5.74, 6) is -0.551. The fourth-order valence-electron chi connectivity index (χ4n) is 3.01. The van der Waals surface area contributed by atoms with E-state index in [1.807, 2.05) is 43.3 Å². The number of anilines is 1. The molecule has 32 heavy (non-hydrogen) atoms. The second-order valence-electron chi connectivity index (χ2n) is 7.17. The second-order valence-corrected chi connectivity index (χ2v) is 8.17. The van der Waals surface area contributed by atoms with Gasteiger partial charge >= 0.3 is 5.97 Å². The standard InChI is InChI=1S/C24H24N2O5S/c1-15-9-11-20(30-3)18(13-15)19(27)10-12-21(28)26-24-25-16(2)22(32-24)23(29)31-14-17-7-5-4-6-8-17/h4-9,11,13H,10,12,14H2,1-3H3,(H,25,26,28). The Morgan fingerprint density at radius 3 is 2.50 bits per heavy atom. The third kappa shape index (κ3) is 6.01. The van der Waals surface area contributed by atoms with Crippen LogP contribution < -0.4 is 10.1 Å². The number of nitrogens with zero attached hydrogens (tertiary/aromatic N) is 1. The number of thiazole rings is 1. The zero-order chi connectivity index (χ0) is 23.1. The highest BCUT2D eigenvalue weighted by Gasteiger charge is 2.19. The Morgan fingerprint density at radius 1 is 1.03 bits per heavy atom. The molecule has 0 bridgehead atoms. The Balaban J connectivity index is 1.55. The predicted molar refractivity (Wildman–Crippen MR) is 122 cm³/mol. The zero-order valence-electron chi connectivity index (χ0n) is 18.1. The molecule has 7 nitrogen and oxygen atoms in total. The number of ketones is 1. The van der Waals surface area contributed by atoms with Crippen molar-refractivity contribution in [1.29, 1.82) is 0 Å². The van der Waals surface area contributed by atoms with Gasteiger partial charge in [0.25, 0.3) is 0 Å². The zero-order valence-corrected chi connectivity index (χ0v) is 19.0. The van der Waals surface area contributed by atoms with Crippen molar-refractivity contribution in [3.63, 3.8) is 0 Å². The summed E-state index contributed by atoms with van der Waals surface area (Å²) in [5.41, 5.74) is 2.74. The molecule has 1 N–H and O–H groups in total. The number of hydrogen-bond acceptors (Lipinski definition) is 7. The summed E-state index contributed by atoms with van der Waals surface area (Å²) in [5, 5.41) is 2.95. The topological polar surface area (TPSA) is 94.6 Å². The lowest BCUT2D eigenvalue weighted by molar-refractivity contribution is -0.116. The van der Waals surface area contributed by atoms with Crippen LogP contribution in [0.5, 0.6) is 5.75 Å². The minimum Gasteiger partial charge on any atom is -0.496 e. The molecule has 3 rings (SSSR count). The van der Waals surface area contributed by atoms with Gasteiger partial charge in [-0.3, -0.25) is 9.59 Å². The summed E-state index contributed by atoms with van der Waals surface area (Å²) in [7, 11) is 1.50. The van der Waals surface area contributed by atoms with E-state index in [0.29, 0.717) is 27.0 Å². The summed E-state index contributed by atoms with van der Waals surface area (Å²) >= 11 is 1.05. The average molecular weight is 453 g/mol. The summed E-state index contributed by atoms with van der Waals surface area (Å²) in [4.78, 5) is 41.8. The number of rotatable bonds is 9. The number of aryl methyl sites for hydroxylation is 2. The molecule has 0 atom stereocenters. The highest BCUT2D eigenvalue weighted by Crippen LogP contribution is 2.25. The fraction of sp³-hybridized carbons (Fsp3) is 0.250. The molecule has 0 saturated carbocycles. The molecular formula is C24H24N2O5S. The van der Waals surface area contributed by atoms with E-state index in [1.165, 1.54) is 7.11 Å². The number of ether oxygens (including phenoxy) is 2. The highest BCUT2D eigenvalue weighted by atomic mass is 32.1. The summed E-state index contributed by atoms with van der Waals surface area (Å²) in [6.07, 6.45) is 0.0182. The lowest BCUT2D eigenvalue weighted by Crippen LogP contribution is -2.13. The van der Waals surface area contributed by atoms with Crippen LogP contribution in [0.25, 0.3) is 0 Å². The SMILES string of the molecule is COc1ccc(C)cc1C(=O)CCC(=O)Nc1nc(C)c(C(=O)OCc2ccccc2)s1. The Bertz CT molecular complexity index is 1120. The monoisotopic (exact) mass is 452 g/mol. The maximum absolute atomic E-state index is 12.5. The predicted octanol–water partition coefficient (Wildman–Crippen LogP) is 4.73. The quantitative estimate of drug-likeness (QED) is 0.373. The van der Waals surface area contributed by atoms with Gasteiger partial charge in [0.05, 0.1) is 18.4 Å². The lowest BCUT2D eigenvalue weighted by atomic mass is 10.0. The smallest absolute Gasteiger partial charge is 0.350 e. The van der Waals surface area contributed by atoms with Gasteiger partial charge < -0.3 is 14.8 Å². The van der Waals surface area contributed by atoms with E-state index >= 15 is 0 Å². The lowest BCUT2D eigenvalue weighted by Gasteiger charge is -2.08. The van der Waals surface area contributed by atoms with Gasteiger partial charge in [0.1, 0.15) is 17.2 Å². The van der Waals surface area contributed by atoms with Crippen molar-refractivity contribution in [2.45, 2.75) is 33.3 Å². The molecule has 1 heterocycles. The molecule has 1 amide bonds. The van der Waals surface area contributed by atoms with E-state index in [2.05, 4.69) is 10.3 Å². The van der Waals surface area contributed by atoms with Gasteiger partial charge in [0.15, 0.2) is 10.9 Å². The van der Waals surface area contributed by atoms with Crippen molar-refractivity contribution in [1.82, 2.24) is 4.98 Å². The molecule has 0 fully saturated rings. The van der Waals surface area contributed by atoms with Gasteiger partial charge in [0.2, 0.25) is 5.91 Å². The summed E-state index contributed by atoms with van der Waals surface area (Å²) in [6.45, 7) is 3.72. The van der Waals surface area contributed by atoms with Gasteiger partial charge in [-0.2, -0.15) is 0 Å². The van der Waals surface area contributed by atoms with Gasteiger partial charge in [0, 0.05) is 12.8 Å². The first kappa shape index (κ1) is 23.1. The van der Waals surface area contributed by atoms with Crippen LogP contribution in [-0.2, 0) is 16.1 Å². The molecule has 0 aliphatic heterocycles. The number of hydrogen-bond donors (Lipinski definition) is 1. The average Bonchev–Trinajstić information content (AvgIpc) is 3.16. The maximum Gasteiger partial charge on any atom is 0.350 e. The number of carbonyl (C=O) groups is 3. The number of nitrogens with one attached hydrogen (secondary N) is 1. The number of esters is 1. The Morgan fingerprint density at radius 2 is 1.78 bits per heavy atom. The number of carbonyl (C=O) groups excluding carboxylic acids is 3. The van der Waals surface area contributed by atoms with E-state index in [-0.39, 0.29) is 31.1 Å². The van der Waals surface area contributed by atoms with Crippen LogP contribution in [-0.4, -0.2) is 29.8 Å². The first-order valence-corrected chi connectivity index (χ1v) is 10.8. The number of methoxy groups -OCH3 is 1. The van der Waals surface area contributed by atoms with Gasteiger partial charge in [-0.05, 0) is 31.5 Å². The van der Waals surface area contributed by atoms with Crippen LogP contribution in [0.2, 0.25) is 0 Å². The van der Waals surface area contributed by atoms with Crippen LogP contribution >= 0.6 is 11.3 Å². The fourth-order valence-corrected chi connectivity index (χ4v) is 3.89. The van der Waals surface area contributed by atoms with Crippen molar-refractivity contribution in [2.75, 3.05) is 12.4 Å². The molecule has 8 heteroatoms. The Labute approximate surface area is 190 Å². The molecule has 2 aromatic carbocycles. The maximum atomic E-state index is 12.5. The minimum absolute atomic E-state index is 0.0116. The number of aromatic nitrogens is 1. The van der Waals surface area contributed by atoms with Crippen LogP contribution in [0.4, 0.5) is 5.13 Å². The first-order chi connectivity index (χ1) is 15.4. The van der Waals surface area contributed by atoms with Gasteiger partial charge in [-0.1, -0.05) is 53.3 Å². The van der Waals surface area contributed by atoms with E-state index in [0.717, 1.165) is 22.5 Å². The first-order valence-electron chi connectivity index (χ1n) is 10.0. The van der Waals surface area contributed by atoms with E-state index in [1.54, 1.807) is 19.1 Å². The normalized spacial score (nSPS) is 10.5. The summed E-state index contributed by atoms with van der Waals surface area (Å²) in [6, 6.07) is 14.7. The molecule has 1 aromatic heterocycles. The number of benzene rings is 2. The van der Waals surface area contributed by atoms with Crippen LogP contribution in [0.1, 0.15) is 49.7 Å². The highest BCUT2D eigenvalue weighted by molar-refractivity contribution is 7.17. The molecule has 0 aliphatic carbocycles. The Hall–Kier alpha value is -3.52. The number of Topliss-reactive ketones (excluding diaryl/α,β-unsaturated/α-hetero) is 1. The van der Waals surface area contributed by atoms with Gasteiger partial charge in [-0.15, -0.1) is 0 Å². The third-order valence-corrected chi connectivity index (χ3v) is 5.73. The molecule has 0 spiro atoms. The van der Waals surface area contributed by atoms with E-state index < -0.39 is 5.97 Å². The third-order valence-electron chi connectivity index (χ3n) is 4.68. The molecule has 0 saturated heterocycles. The molecule has 0 radical (unpaired) electrons. The minimum atomic E-state index is -0.494. The Kier molecular flexibility index (Phi) is 7.72. The second kappa shape index (κ2) is 10.7.